The summed E-state index contributed by atoms with van der Waals surface area (Å²) >= 11 is 9.82. The number of hydrazone groups is 1. The van der Waals surface area contributed by atoms with Crippen LogP contribution in [0.1, 0.15) is 27.5 Å². The number of amides is 1. The Bertz CT molecular complexity index is 977. The first kappa shape index (κ1) is 17.9. The molecule has 0 bridgehead atoms. The highest BCUT2D eigenvalue weighted by Gasteiger charge is 2.40. The summed E-state index contributed by atoms with van der Waals surface area (Å²) in [6, 6.07) is 20.6. The van der Waals surface area contributed by atoms with Crippen molar-refractivity contribution in [1.82, 2.24) is 9.99 Å². The summed E-state index contributed by atoms with van der Waals surface area (Å²) in [6.07, 6.45) is 3.20. The van der Waals surface area contributed by atoms with Crippen LogP contribution in [0.2, 0.25) is 5.02 Å². The maximum absolute atomic E-state index is 13.2. The monoisotopic (exact) mass is 439 g/mol. The lowest BCUT2D eigenvalue weighted by Gasteiger charge is -2.24. The summed E-state index contributed by atoms with van der Waals surface area (Å²) in [5, 5.41) is 6.87. The quantitative estimate of drug-likeness (QED) is 0.532. The molecule has 4 nitrogen and oxygen atoms in total. The zero-order valence-electron chi connectivity index (χ0n) is 14.2. The van der Waals surface area contributed by atoms with Crippen LogP contribution in [0.4, 0.5) is 0 Å². The molecule has 0 saturated carbocycles. The van der Waals surface area contributed by atoms with E-state index in [0.29, 0.717) is 10.6 Å². The highest BCUT2D eigenvalue weighted by atomic mass is 79.9. The second-order valence-corrected chi connectivity index (χ2v) is 7.56. The molecule has 134 valence electrons. The normalized spacial score (nSPS) is 19.0. The summed E-state index contributed by atoms with van der Waals surface area (Å²) in [7, 11) is 0. The Balaban J connectivity index is 1.78. The molecule has 4 rings (SSSR count). The lowest BCUT2D eigenvalue weighted by molar-refractivity contribution is 0.0714. The van der Waals surface area contributed by atoms with Gasteiger partial charge in [0.05, 0.1) is 22.1 Å². The van der Waals surface area contributed by atoms with Crippen molar-refractivity contribution >= 4 is 39.1 Å². The summed E-state index contributed by atoms with van der Waals surface area (Å²) in [6.45, 7) is 0. The van der Waals surface area contributed by atoms with Crippen molar-refractivity contribution in [2.45, 2.75) is 10.9 Å². The van der Waals surface area contributed by atoms with Gasteiger partial charge in [0.15, 0.2) is 0 Å². The molecule has 0 N–H and O–H groups in total. The van der Waals surface area contributed by atoms with E-state index in [1.165, 1.54) is 5.01 Å². The van der Waals surface area contributed by atoms with Gasteiger partial charge in [0.25, 0.3) is 5.91 Å². The van der Waals surface area contributed by atoms with Crippen LogP contribution in [0.3, 0.4) is 0 Å². The Morgan fingerprint density at radius 1 is 1.00 bits per heavy atom. The van der Waals surface area contributed by atoms with E-state index >= 15 is 0 Å². The van der Waals surface area contributed by atoms with E-state index in [9.17, 15) is 4.79 Å². The minimum atomic E-state index is -0.287. The van der Waals surface area contributed by atoms with Gasteiger partial charge in [-0.3, -0.25) is 9.78 Å². The largest absolute Gasteiger partial charge is 0.276 e. The number of halogens is 2. The highest BCUT2D eigenvalue weighted by Crippen LogP contribution is 2.38. The standard InChI is InChI=1S/C21H15BrClN3O/c22-18-19(14-5-2-1-3-6-14)25-26(21(27)16-7-4-12-24-13-16)20(18)15-8-10-17(23)11-9-15/h1-13,18,20H. The number of aromatic nitrogens is 1. The minimum Gasteiger partial charge on any atom is -0.267 e. The van der Waals surface area contributed by atoms with E-state index in [2.05, 4.69) is 26.0 Å². The fourth-order valence-electron chi connectivity index (χ4n) is 3.10. The zero-order valence-corrected chi connectivity index (χ0v) is 16.5. The number of alkyl halides is 1. The Hall–Kier alpha value is -2.50. The van der Waals surface area contributed by atoms with Gasteiger partial charge in [0, 0.05) is 17.4 Å². The average Bonchev–Trinajstić information content (AvgIpc) is 3.06. The van der Waals surface area contributed by atoms with Crippen LogP contribution >= 0.6 is 27.5 Å². The van der Waals surface area contributed by atoms with Crippen LogP contribution < -0.4 is 0 Å². The third-order valence-electron chi connectivity index (χ3n) is 4.42. The van der Waals surface area contributed by atoms with Crippen molar-refractivity contribution in [2.24, 2.45) is 5.10 Å². The van der Waals surface area contributed by atoms with E-state index in [4.69, 9.17) is 11.6 Å². The van der Waals surface area contributed by atoms with Crippen molar-refractivity contribution in [3.63, 3.8) is 0 Å². The molecular weight excluding hydrogens is 426 g/mol. The number of rotatable bonds is 3. The lowest BCUT2D eigenvalue weighted by Crippen LogP contribution is -2.31. The predicted octanol–water partition coefficient (Wildman–Crippen LogP) is 5.10. The molecule has 0 saturated heterocycles. The van der Waals surface area contributed by atoms with Gasteiger partial charge in [-0.15, -0.1) is 0 Å². The summed E-state index contributed by atoms with van der Waals surface area (Å²) in [4.78, 5) is 17.1. The summed E-state index contributed by atoms with van der Waals surface area (Å²) in [5.41, 5.74) is 3.23. The van der Waals surface area contributed by atoms with E-state index in [1.807, 2.05) is 54.6 Å². The molecule has 0 fully saturated rings. The fourth-order valence-corrected chi connectivity index (χ4v) is 4.11. The van der Waals surface area contributed by atoms with Gasteiger partial charge < -0.3 is 0 Å². The van der Waals surface area contributed by atoms with E-state index in [-0.39, 0.29) is 16.8 Å². The Labute approximate surface area is 170 Å². The maximum atomic E-state index is 13.2. The summed E-state index contributed by atoms with van der Waals surface area (Å²) < 4.78 is 0. The molecule has 1 aliphatic heterocycles. The molecule has 0 aliphatic carbocycles. The van der Waals surface area contributed by atoms with E-state index in [0.717, 1.165) is 16.8 Å². The predicted molar refractivity (Wildman–Crippen MR) is 110 cm³/mol. The molecule has 2 aromatic carbocycles. The molecule has 0 spiro atoms. The molecule has 2 atom stereocenters. The first-order valence-electron chi connectivity index (χ1n) is 8.42. The van der Waals surface area contributed by atoms with E-state index < -0.39 is 0 Å². The first-order valence-corrected chi connectivity index (χ1v) is 9.71. The maximum Gasteiger partial charge on any atom is 0.276 e. The number of nitrogens with zero attached hydrogens (tertiary/aromatic N) is 3. The average molecular weight is 441 g/mol. The molecule has 0 radical (unpaired) electrons. The SMILES string of the molecule is O=C(c1cccnc1)N1N=C(c2ccccc2)C(Br)C1c1ccc(Cl)cc1. The van der Waals surface area contributed by atoms with Crippen molar-refractivity contribution in [3.05, 3.63) is 101 Å². The second-order valence-electron chi connectivity index (χ2n) is 6.14. The second kappa shape index (κ2) is 7.62. The molecule has 2 heterocycles. The van der Waals surface area contributed by atoms with Gasteiger partial charge in [-0.1, -0.05) is 70.0 Å². The lowest BCUT2D eigenvalue weighted by atomic mass is 9.98. The van der Waals surface area contributed by atoms with Crippen LogP contribution in [0.15, 0.2) is 84.2 Å². The third-order valence-corrected chi connectivity index (χ3v) is 5.60. The van der Waals surface area contributed by atoms with Crippen molar-refractivity contribution < 1.29 is 4.79 Å². The number of hydrogen-bond acceptors (Lipinski definition) is 3. The number of carbonyl (C=O) groups excluding carboxylic acids is 1. The molecular formula is C21H15BrClN3O. The van der Waals surface area contributed by atoms with Gasteiger partial charge >= 0.3 is 0 Å². The molecule has 2 unspecified atom stereocenters. The minimum absolute atomic E-state index is 0.151. The Morgan fingerprint density at radius 3 is 2.41 bits per heavy atom. The fraction of sp³-hybridized carbons (Fsp3) is 0.0952. The third kappa shape index (κ3) is 3.53. The van der Waals surface area contributed by atoms with Crippen molar-refractivity contribution in [2.75, 3.05) is 0 Å². The van der Waals surface area contributed by atoms with Crippen LogP contribution in [-0.4, -0.2) is 26.4 Å². The summed E-state index contributed by atoms with van der Waals surface area (Å²) in [5.74, 6) is -0.196. The van der Waals surface area contributed by atoms with Crippen molar-refractivity contribution in [1.29, 1.82) is 0 Å². The molecule has 3 aromatic rings. The van der Waals surface area contributed by atoms with Gasteiger partial charge in [-0.05, 0) is 35.4 Å². The molecule has 1 amide bonds. The van der Waals surface area contributed by atoms with Crippen LogP contribution in [0.25, 0.3) is 0 Å². The number of hydrogen-bond donors (Lipinski definition) is 0. The molecule has 27 heavy (non-hydrogen) atoms. The number of carbonyl (C=O) groups is 1. The number of benzene rings is 2. The first-order chi connectivity index (χ1) is 13.1. The zero-order chi connectivity index (χ0) is 18.8. The van der Waals surface area contributed by atoms with Crippen LogP contribution in [0.5, 0.6) is 0 Å². The Morgan fingerprint density at radius 2 is 1.74 bits per heavy atom. The van der Waals surface area contributed by atoms with Gasteiger partial charge in [-0.25, -0.2) is 5.01 Å². The van der Waals surface area contributed by atoms with Gasteiger partial charge in [0.1, 0.15) is 0 Å². The topological polar surface area (TPSA) is 45.6 Å². The Kier molecular flexibility index (Phi) is 5.05. The highest BCUT2D eigenvalue weighted by molar-refractivity contribution is 9.10. The molecule has 1 aliphatic rings. The van der Waals surface area contributed by atoms with Gasteiger partial charge in [-0.2, -0.15) is 5.10 Å². The van der Waals surface area contributed by atoms with Gasteiger partial charge in [0.2, 0.25) is 0 Å². The van der Waals surface area contributed by atoms with Crippen molar-refractivity contribution in [3.8, 4) is 0 Å². The molecule has 6 heteroatoms. The van der Waals surface area contributed by atoms with Crippen LogP contribution in [0, 0.1) is 0 Å². The van der Waals surface area contributed by atoms with E-state index in [1.54, 1.807) is 24.5 Å². The number of pyridine rings is 1. The smallest absolute Gasteiger partial charge is 0.267 e. The molecule has 1 aromatic heterocycles. The van der Waals surface area contributed by atoms with Crippen LogP contribution in [-0.2, 0) is 0 Å².